The van der Waals surface area contributed by atoms with Gasteiger partial charge in [0.2, 0.25) is 17.8 Å². The van der Waals surface area contributed by atoms with Gasteiger partial charge in [-0.25, -0.2) is 5.10 Å². The first-order valence-electron chi connectivity index (χ1n) is 4.81. The summed E-state index contributed by atoms with van der Waals surface area (Å²) in [6, 6.07) is 0.146. The number of carbonyl (C=O) groups is 2. The number of hydrogen-bond acceptors (Lipinski definition) is 6. The van der Waals surface area contributed by atoms with Crippen molar-refractivity contribution in [3.8, 4) is 6.01 Å². The van der Waals surface area contributed by atoms with E-state index in [1.807, 2.05) is 0 Å². The fourth-order valence-corrected chi connectivity index (χ4v) is 2.18. The van der Waals surface area contributed by atoms with Gasteiger partial charge in [-0.3, -0.25) is 14.9 Å². The number of amides is 2. The van der Waals surface area contributed by atoms with Crippen LogP contribution in [-0.2, 0) is 9.59 Å². The van der Waals surface area contributed by atoms with Gasteiger partial charge in [0.25, 0.3) is 0 Å². The van der Waals surface area contributed by atoms with Crippen LogP contribution in [0.5, 0.6) is 6.01 Å². The number of ether oxygens (including phenoxy) is 1. The van der Waals surface area contributed by atoms with E-state index in [1.165, 1.54) is 23.8 Å². The molecular formula is C8H11N5O3S. The Kier molecular flexibility index (Phi) is 3.47. The summed E-state index contributed by atoms with van der Waals surface area (Å²) in [6.45, 7) is 0.0227. The van der Waals surface area contributed by atoms with E-state index in [0.29, 0.717) is 11.6 Å². The molecule has 2 amide bonds. The Bertz CT molecular complexity index is 435. The van der Waals surface area contributed by atoms with Crippen LogP contribution in [0.15, 0.2) is 0 Å². The number of aromatic amines is 1. The molecule has 0 radical (unpaired) electrons. The van der Waals surface area contributed by atoms with Crippen LogP contribution in [0.25, 0.3) is 0 Å². The van der Waals surface area contributed by atoms with Crippen molar-refractivity contribution >= 4 is 29.5 Å². The van der Waals surface area contributed by atoms with Gasteiger partial charge in [-0.2, -0.15) is 4.98 Å². The van der Waals surface area contributed by atoms with Crippen LogP contribution < -0.4 is 10.1 Å². The SMILES string of the molecule is COc1n[nH]c(NC(=O)CN2CSCC2=O)n1. The number of carbonyl (C=O) groups excluding carboxylic acids is 2. The van der Waals surface area contributed by atoms with Gasteiger partial charge in [0.1, 0.15) is 6.54 Å². The van der Waals surface area contributed by atoms with Crippen molar-refractivity contribution in [1.29, 1.82) is 0 Å². The zero-order valence-corrected chi connectivity index (χ0v) is 9.91. The lowest BCUT2D eigenvalue weighted by Crippen LogP contribution is -2.34. The fourth-order valence-electron chi connectivity index (χ4n) is 1.28. The van der Waals surface area contributed by atoms with Crippen LogP contribution in [0.3, 0.4) is 0 Å². The highest BCUT2D eigenvalue weighted by atomic mass is 32.2. The molecule has 2 heterocycles. The molecule has 0 unspecified atom stereocenters. The largest absolute Gasteiger partial charge is 0.466 e. The topological polar surface area (TPSA) is 100 Å². The van der Waals surface area contributed by atoms with E-state index in [-0.39, 0.29) is 30.3 Å². The molecule has 1 aromatic rings. The monoisotopic (exact) mass is 257 g/mol. The Morgan fingerprint density at radius 2 is 2.53 bits per heavy atom. The highest BCUT2D eigenvalue weighted by Crippen LogP contribution is 2.14. The summed E-state index contributed by atoms with van der Waals surface area (Å²) < 4.78 is 4.75. The van der Waals surface area contributed by atoms with Gasteiger partial charge in [-0.05, 0) is 0 Å². The molecule has 17 heavy (non-hydrogen) atoms. The molecule has 0 aliphatic carbocycles. The van der Waals surface area contributed by atoms with E-state index in [4.69, 9.17) is 4.74 Å². The van der Waals surface area contributed by atoms with E-state index in [0.717, 1.165) is 0 Å². The van der Waals surface area contributed by atoms with Crippen LogP contribution in [0.1, 0.15) is 0 Å². The molecule has 2 rings (SSSR count). The van der Waals surface area contributed by atoms with Crippen molar-refractivity contribution < 1.29 is 14.3 Å². The molecule has 92 valence electrons. The smallest absolute Gasteiger partial charge is 0.336 e. The maximum Gasteiger partial charge on any atom is 0.336 e. The van der Waals surface area contributed by atoms with Crippen LogP contribution in [0.4, 0.5) is 5.95 Å². The van der Waals surface area contributed by atoms with E-state index < -0.39 is 0 Å². The summed E-state index contributed by atoms with van der Waals surface area (Å²) in [5.41, 5.74) is 0. The molecule has 0 bridgehead atoms. The normalized spacial score (nSPS) is 15.1. The minimum atomic E-state index is -0.320. The van der Waals surface area contributed by atoms with Crippen molar-refractivity contribution in [3.63, 3.8) is 0 Å². The van der Waals surface area contributed by atoms with Crippen LogP contribution in [-0.4, -0.2) is 57.2 Å². The minimum absolute atomic E-state index is 0.0227. The van der Waals surface area contributed by atoms with Crippen LogP contribution in [0, 0.1) is 0 Å². The Labute approximate surface area is 101 Å². The lowest BCUT2D eigenvalue weighted by molar-refractivity contribution is -0.130. The molecule has 0 atom stereocenters. The predicted octanol–water partition coefficient (Wildman–Crippen LogP) is -0.715. The maximum atomic E-state index is 11.6. The number of methoxy groups -OCH3 is 1. The first-order chi connectivity index (χ1) is 8.19. The fraction of sp³-hybridized carbons (Fsp3) is 0.500. The Morgan fingerprint density at radius 1 is 1.71 bits per heavy atom. The Balaban J connectivity index is 1.86. The first-order valence-corrected chi connectivity index (χ1v) is 5.96. The lowest BCUT2D eigenvalue weighted by Gasteiger charge is -2.12. The van der Waals surface area contributed by atoms with Gasteiger partial charge < -0.3 is 9.64 Å². The summed E-state index contributed by atoms with van der Waals surface area (Å²) >= 11 is 1.49. The number of thioether (sulfide) groups is 1. The molecule has 0 spiro atoms. The Morgan fingerprint density at radius 3 is 3.12 bits per heavy atom. The third kappa shape index (κ3) is 2.87. The van der Waals surface area contributed by atoms with Gasteiger partial charge in [-0.15, -0.1) is 16.9 Å². The van der Waals surface area contributed by atoms with Gasteiger partial charge in [-0.1, -0.05) is 0 Å². The molecular weight excluding hydrogens is 246 g/mol. The van der Waals surface area contributed by atoms with E-state index in [1.54, 1.807) is 0 Å². The van der Waals surface area contributed by atoms with E-state index in [9.17, 15) is 9.59 Å². The summed E-state index contributed by atoms with van der Waals surface area (Å²) in [5, 5.41) is 8.67. The number of hydrogen-bond donors (Lipinski definition) is 2. The quantitative estimate of drug-likeness (QED) is 0.738. The third-order valence-corrected chi connectivity index (χ3v) is 3.01. The Hall–Kier alpha value is -1.77. The highest BCUT2D eigenvalue weighted by Gasteiger charge is 2.23. The highest BCUT2D eigenvalue weighted by molar-refractivity contribution is 8.00. The van der Waals surface area contributed by atoms with Gasteiger partial charge in [0, 0.05) is 0 Å². The van der Waals surface area contributed by atoms with Gasteiger partial charge in [0.15, 0.2) is 0 Å². The molecule has 1 saturated heterocycles. The second-order valence-electron chi connectivity index (χ2n) is 3.29. The summed E-state index contributed by atoms with van der Waals surface area (Å²) in [6.07, 6.45) is 0. The van der Waals surface area contributed by atoms with Crippen molar-refractivity contribution in [2.45, 2.75) is 0 Å². The average Bonchev–Trinajstić information content (AvgIpc) is 2.89. The standard InChI is InChI=1S/C8H11N5O3S/c1-16-8-10-7(11-12-8)9-5(14)2-13-4-17-3-6(13)15/h2-4H2,1H3,(H2,9,10,11,12,14). The summed E-state index contributed by atoms with van der Waals surface area (Å²) in [5.74, 6) is 0.834. The lowest BCUT2D eigenvalue weighted by atomic mass is 10.5. The second-order valence-corrected chi connectivity index (χ2v) is 4.24. The average molecular weight is 257 g/mol. The summed E-state index contributed by atoms with van der Waals surface area (Å²) in [7, 11) is 1.43. The predicted molar refractivity (Wildman–Crippen MR) is 60.6 cm³/mol. The number of anilines is 1. The minimum Gasteiger partial charge on any atom is -0.466 e. The molecule has 9 heteroatoms. The number of aromatic nitrogens is 3. The van der Waals surface area contributed by atoms with Crippen molar-refractivity contribution in [2.24, 2.45) is 0 Å². The van der Waals surface area contributed by atoms with Crippen molar-refractivity contribution in [2.75, 3.05) is 30.6 Å². The molecule has 1 aliphatic rings. The zero-order chi connectivity index (χ0) is 12.3. The molecule has 0 saturated carbocycles. The van der Waals surface area contributed by atoms with Crippen molar-refractivity contribution in [1.82, 2.24) is 20.1 Å². The van der Waals surface area contributed by atoms with Crippen LogP contribution >= 0.6 is 11.8 Å². The maximum absolute atomic E-state index is 11.6. The number of nitrogens with one attached hydrogen (secondary N) is 2. The van der Waals surface area contributed by atoms with Gasteiger partial charge >= 0.3 is 6.01 Å². The zero-order valence-electron chi connectivity index (χ0n) is 9.10. The van der Waals surface area contributed by atoms with E-state index >= 15 is 0 Å². The summed E-state index contributed by atoms with van der Waals surface area (Å²) in [4.78, 5) is 28.2. The number of nitrogens with zero attached hydrogens (tertiary/aromatic N) is 3. The molecule has 1 aliphatic heterocycles. The second kappa shape index (κ2) is 5.04. The molecule has 0 aromatic carbocycles. The van der Waals surface area contributed by atoms with Crippen molar-refractivity contribution in [3.05, 3.63) is 0 Å². The third-order valence-electron chi connectivity index (χ3n) is 2.07. The first kappa shape index (κ1) is 11.7. The molecule has 1 aromatic heterocycles. The van der Waals surface area contributed by atoms with Gasteiger partial charge in [0.05, 0.1) is 18.7 Å². The number of rotatable bonds is 4. The number of H-pyrrole nitrogens is 1. The molecule has 8 nitrogen and oxygen atoms in total. The van der Waals surface area contributed by atoms with Crippen LogP contribution in [0.2, 0.25) is 0 Å². The van der Waals surface area contributed by atoms with E-state index in [2.05, 4.69) is 20.5 Å². The molecule has 2 N–H and O–H groups in total. The molecule has 1 fully saturated rings.